The number of hydrogen-bond acceptors (Lipinski definition) is 2. The Morgan fingerprint density at radius 1 is 1.25 bits per heavy atom. The minimum atomic E-state index is 0.228. The molecule has 0 aliphatic rings. The highest BCUT2D eigenvalue weighted by atomic mass is 16.5. The number of likely N-dealkylation sites (N-methyl/N-ethyl adjacent to an activating group) is 1. The third-order valence-corrected chi connectivity index (χ3v) is 2.14. The van der Waals surface area contributed by atoms with E-state index in [1.807, 2.05) is 0 Å². The van der Waals surface area contributed by atoms with Crippen molar-refractivity contribution in [1.29, 1.82) is 0 Å². The average Bonchev–Trinajstić information content (AvgIpc) is 2.04. The normalized spacial score (nSPS) is 12.0. The van der Waals surface area contributed by atoms with Gasteiger partial charge in [-0.05, 0) is 13.3 Å². The molecule has 0 unspecified atom stereocenters. The van der Waals surface area contributed by atoms with Gasteiger partial charge in [0.1, 0.15) is 6.54 Å². The van der Waals surface area contributed by atoms with Gasteiger partial charge in [-0.25, -0.2) is 0 Å². The molecule has 0 saturated carbocycles. The molecule has 0 aromatic heterocycles. The van der Waals surface area contributed by atoms with E-state index in [1.165, 1.54) is 0 Å². The summed E-state index contributed by atoms with van der Waals surface area (Å²) in [6.07, 6.45) is 0.750. The second-order valence-electron chi connectivity index (χ2n) is 3.67. The number of nitrogens with zero attached hydrogens (tertiary/aromatic N) is 1. The second kappa shape index (κ2) is 6.40. The van der Waals surface area contributed by atoms with Crippen LogP contribution in [0.15, 0.2) is 0 Å². The Morgan fingerprint density at radius 2 is 1.92 bits per heavy atom. The lowest BCUT2D eigenvalue weighted by molar-refractivity contribution is -0.888. The SMILES string of the molecule is CC[N+](C)(C)CCOCCCO. The summed E-state index contributed by atoms with van der Waals surface area (Å²) in [5.41, 5.74) is 0. The molecule has 0 aromatic rings. The molecule has 0 aliphatic carbocycles. The largest absolute Gasteiger partial charge is 0.396 e. The molecule has 0 aliphatic heterocycles. The summed E-state index contributed by atoms with van der Waals surface area (Å²) in [5, 5.41) is 8.49. The zero-order chi connectivity index (χ0) is 9.45. The lowest BCUT2D eigenvalue weighted by Crippen LogP contribution is -2.41. The maximum absolute atomic E-state index is 8.49. The van der Waals surface area contributed by atoms with Gasteiger partial charge in [-0.1, -0.05) is 0 Å². The predicted octanol–water partition coefficient (Wildman–Crippen LogP) is 0.482. The van der Waals surface area contributed by atoms with E-state index in [4.69, 9.17) is 9.84 Å². The fourth-order valence-corrected chi connectivity index (χ4v) is 0.738. The van der Waals surface area contributed by atoms with Crippen LogP contribution in [0.3, 0.4) is 0 Å². The van der Waals surface area contributed by atoms with Crippen LogP contribution in [-0.2, 0) is 4.74 Å². The Morgan fingerprint density at radius 3 is 2.42 bits per heavy atom. The summed E-state index contributed by atoms with van der Waals surface area (Å²) in [6.45, 7) is 6.05. The van der Waals surface area contributed by atoms with Crippen LogP contribution in [0.4, 0.5) is 0 Å². The number of aliphatic hydroxyl groups excluding tert-OH is 1. The lowest BCUT2D eigenvalue weighted by atomic mass is 10.4. The minimum Gasteiger partial charge on any atom is -0.396 e. The van der Waals surface area contributed by atoms with Gasteiger partial charge in [0.15, 0.2) is 0 Å². The minimum absolute atomic E-state index is 0.228. The number of ether oxygens (including phenoxy) is 1. The first-order valence-corrected chi connectivity index (χ1v) is 4.63. The summed E-state index contributed by atoms with van der Waals surface area (Å²) < 4.78 is 6.34. The van der Waals surface area contributed by atoms with Crippen LogP contribution in [0.1, 0.15) is 13.3 Å². The quantitative estimate of drug-likeness (QED) is 0.451. The average molecular weight is 176 g/mol. The third kappa shape index (κ3) is 6.58. The number of hydrogen-bond donors (Lipinski definition) is 1. The third-order valence-electron chi connectivity index (χ3n) is 2.14. The molecule has 3 heteroatoms. The lowest BCUT2D eigenvalue weighted by Gasteiger charge is -2.27. The zero-order valence-corrected chi connectivity index (χ0v) is 8.55. The standard InChI is InChI=1S/C9H22NO2/c1-4-10(2,3)6-9-12-8-5-7-11/h11H,4-9H2,1-3H3/q+1. The Kier molecular flexibility index (Phi) is 6.34. The van der Waals surface area contributed by atoms with Crippen LogP contribution in [0, 0.1) is 0 Å². The van der Waals surface area contributed by atoms with Crippen molar-refractivity contribution in [3.05, 3.63) is 0 Å². The van der Waals surface area contributed by atoms with Gasteiger partial charge in [-0.15, -0.1) is 0 Å². The highest BCUT2D eigenvalue weighted by Gasteiger charge is 2.10. The molecule has 0 aromatic carbocycles. The van der Waals surface area contributed by atoms with Crippen LogP contribution < -0.4 is 0 Å². The molecule has 0 bridgehead atoms. The molecule has 0 saturated heterocycles. The summed E-state index contributed by atoms with van der Waals surface area (Å²) in [7, 11) is 4.38. The van der Waals surface area contributed by atoms with E-state index in [0.717, 1.165) is 30.6 Å². The van der Waals surface area contributed by atoms with E-state index in [-0.39, 0.29) is 6.61 Å². The summed E-state index contributed by atoms with van der Waals surface area (Å²) >= 11 is 0. The van der Waals surface area contributed by atoms with Crippen LogP contribution in [0.5, 0.6) is 0 Å². The molecule has 0 heterocycles. The van der Waals surface area contributed by atoms with E-state index >= 15 is 0 Å². The number of quaternary nitrogens is 1. The van der Waals surface area contributed by atoms with E-state index < -0.39 is 0 Å². The molecule has 3 nitrogen and oxygen atoms in total. The molecule has 0 spiro atoms. The van der Waals surface area contributed by atoms with Gasteiger partial charge >= 0.3 is 0 Å². The van der Waals surface area contributed by atoms with Crippen LogP contribution in [0.25, 0.3) is 0 Å². The maximum Gasteiger partial charge on any atom is 0.102 e. The van der Waals surface area contributed by atoms with Crippen molar-refractivity contribution in [1.82, 2.24) is 0 Å². The molecule has 0 fully saturated rings. The Bertz CT molecular complexity index is 105. The van der Waals surface area contributed by atoms with Gasteiger partial charge in [-0.2, -0.15) is 0 Å². The Hall–Kier alpha value is -0.120. The van der Waals surface area contributed by atoms with Gasteiger partial charge in [0.25, 0.3) is 0 Å². The van der Waals surface area contributed by atoms with Gasteiger partial charge in [0, 0.05) is 13.2 Å². The van der Waals surface area contributed by atoms with Crippen molar-refractivity contribution >= 4 is 0 Å². The first-order chi connectivity index (χ1) is 5.62. The van der Waals surface area contributed by atoms with Crippen LogP contribution in [0.2, 0.25) is 0 Å². The molecule has 0 radical (unpaired) electrons. The van der Waals surface area contributed by atoms with Crippen molar-refractivity contribution < 1.29 is 14.3 Å². The van der Waals surface area contributed by atoms with Gasteiger partial charge in [0.2, 0.25) is 0 Å². The van der Waals surface area contributed by atoms with Crippen molar-refractivity contribution in [3.63, 3.8) is 0 Å². The monoisotopic (exact) mass is 176 g/mol. The van der Waals surface area contributed by atoms with Crippen molar-refractivity contribution in [2.75, 3.05) is 47.0 Å². The van der Waals surface area contributed by atoms with Gasteiger partial charge < -0.3 is 14.3 Å². The molecule has 0 atom stereocenters. The summed E-state index contributed by atoms with van der Waals surface area (Å²) in [6, 6.07) is 0. The van der Waals surface area contributed by atoms with Crippen molar-refractivity contribution in [3.8, 4) is 0 Å². The van der Waals surface area contributed by atoms with Gasteiger partial charge in [0.05, 0.1) is 27.2 Å². The number of aliphatic hydroxyl groups is 1. The van der Waals surface area contributed by atoms with Crippen LogP contribution in [-0.4, -0.2) is 56.6 Å². The Balaban J connectivity index is 3.19. The topological polar surface area (TPSA) is 29.5 Å². The smallest absolute Gasteiger partial charge is 0.102 e. The molecule has 74 valence electrons. The molecular weight excluding hydrogens is 154 g/mol. The maximum atomic E-state index is 8.49. The van der Waals surface area contributed by atoms with Crippen molar-refractivity contribution in [2.45, 2.75) is 13.3 Å². The van der Waals surface area contributed by atoms with E-state index in [2.05, 4.69) is 21.0 Å². The van der Waals surface area contributed by atoms with Gasteiger partial charge in [-0.3, -0.25) is 0 Å². The van der Waals surface area contributed by atoms with E-state index in [1.54, 1.807) is 0 Å². The zero-order valence-electron chi connectivity index (χ0n) is 8.55. The predicted molar refractivity (Wildman–Crippen MR) is 50.0 cm³/mol. The highest BCUT2D eigenvalue weighted by Crippen LogP contribution is 1.95. The molecule has 12 heavy (non-hydrogen) atoms. The highest BCUT2D eigenvalue weighted by molar-refractivity contribution is 4.34. The van der Waals surface area contributed by atoms with Crippen LogP contribution >= 0.6 is 0 Å². The number of rotatable bonds is 7. The molecule has 0 amide bonds. The molecule has 1 N–H and O–H groups in total. The molecule has 0 rings (SSSR count). The fourth-order valence-electron chi connectivity index (χ4n) is 0.738. The first kappa shape index (κ1) is 11.9. The van der Waals surface area contributed by atoms with E-state index in [9.17, 15) is 0 Å². The summed E-state index contributed by atoms with van der Waals surface area (Å²) in [4.78, 5) is 0. The summed E-state index contributed by atoms with van der Waals surface area (Å²) in [5.74, 6) is 0. The second-order valence-corrected chi connectivity index (χ2v) is 3.67. The van der Waals surface area contributed by atoms with E-state index in [0.29, 0.717) is 6.61 Å². The fraction of sp³-hybridized carbons (Fsp3) is 1.00. The van der Waals surface area contributed by atoms with Crippen molar-refractivity contribution in [2.24, 2.45) is 0 Å². The Labute approximate surface area is 75.5 Å². The molecular formula is C9H22NO2+. The first-order valence-electron chi connectivity index (χ1n) is 4.63.